The van der Waals surface area contributed by atoms with Gasteiger partial charge in [-0.15, -0.1) is 0 Å². The second-order valence-corrected chi connectivity index (χ2v) is 3.30. The van der Waals surface area contributed by atoms with Crippen molar-refractivity contribution < 1.29 is 4.39 Å². The molecule has 2 heteroatoms. The van der Waals surface area contributed by atoms with Crippen molar-refractivity contribution in [1.29, 1.82) is 0 Å². The van der Waals surface area contributed by atoms with Gasteiger partial charge in [0.15, 0.2) is 0 Å². The summed E-state index contributed by atoms with van der Waals surface area (Å²) in [5.74, 6) is 0.104. The number of nitrogens with one attached hydrogen (secondary N) is 1. The first-order chi connectivity index (χ1) is 5.79. The van der Waals surface area contributed by atoms with Crippen LogP contribution in [0.1, 0.15) is 6.42 Å². The Balaban J connectivity index is 2.26. The molecular formula is C10H12FN. The Morgan fingerprint density at radius 3 is 3.17 bits per heavy atom. The predicted molar refractivity (Wildman–Crippen MR) is 47.4 cm³/mol. The van der Waals surface area contributed by atoms with Crippen LogP contribution in [0, 0.1) is 5.92 Å². The Morgan fingerprint density at radius 1 is 1.58 bits per heavy atom. The largest absolute Gasteiger partial charge is 0.307 e. The molecule has 0 amide bonds. The fourth-order valence-corrected chi connectivity index (χ4v) is 1.80. The molecule has 0 spiro atoms. The van der Waals surface area contributed by atoms with Gasteiger partial charge in [0.05, 0.1) is 6.04 Å². The Morgan fingerprint density at radius 2 is 2.42 bits per heavy atom. The van der Waals surface area contributed by atoms with E-state index in [1.807, 2.05) is 6.08 Å². The maximum atomic E-state index is 13.2. The van der Waals surface area contributed by atoms with Gasteiger partial charge in [-0.25, -0.2) is 4.39 Å². The van der Waals surface area contributed by atoms with Crippen LogP contribution in [0.3, 0.4) is 0 Å². The average molecular weight is 165 g/mol. The zero-order valence-corrected chi connectivity index (χ0v) is 6.89. The van der Waals surface area contributed by atoms with Crippen molar-refractivity contribution in [1.82, 2.24) is 5.32 Å². The lowest BCUT2D eigenvalue weighted by atomic mass is 9.83. The first-order valence-electron chi connectivity index (χ1n) is 4.24. The van der Waals surface area contributed by atoms with Gasteiger partial charge in [-0.1, -0.05) is 24.3 Å². The third-order valence-electron chi connectivity index (χ3n) is 2.51. The van der Waals surface area contributed by atoms with Gasteiger partial charge in [0, 0.05) is 5.92 Å². The van der Waals surface area contributed by atoms with E-state index in [0.29, 0.717) is 0 Å². The predicted octanol–water partition coefficient (Wildman–Crippen LogP) is 1.94. The third kappa shape index (κ3) is 1.12. The second-order valence-electron chi connectivity index (χ2n) is 3.30. The Hall–Kier alpha value is -0.890. The number of hydrogen-bond donors (Lipinski definition) is 1. The molecule has 1 fully saturated rings. The van der Waals surface area contributed by atoms with Crippen molar-refractivity contribution in [3.63, 3.8) is 0 Å². The molecule has 0 bridgehead atoms. The quantitative estimate of drug-likeness (QED) is 0.541. The summed E-state index contributed by atoms with van der Waals surface area (Å²) in [6, 6.07) is -0.142. The molecule has 0 saturated carbocycles. The number of halogens is 1. The van der Waals surface area contributed by atoms with E-state index in [0.717, 1.165) is 18.5 Å². The van der Waals surface area contributed by atoms with Crippen LogP contribution in [0.5, 0.6) is 0 Å². The van der Waals surface area contributed by atoms with Crippen LogP contribution in [0.4, 0.5) is 4.39 Å². The van der Waals surface area contributed by atoms with Gasteiger partial charge in [-0.3, -0.25) is 0 Å². The standard InChI is InChI=1S/C10H12FN/c1-7-5-6-12-10-8(7)3-2-4-9(10)11/h2-4,8,10,12H,1,5-6H2. The van der Waals surface area contributed by atoms with Gasteiger partial charge in [0.25, 0.3) is 0 Å². The Kier molecular flexibility index (Phi) is 1.85. The Labute approximate surface area is 71.7 Å². The lowest BCUT2D eigenvalue weighted by molar-refractivity contribution is 0.377. The number of fused-ring (bicyclic) bond motifs is 1. The third-order valence-corrected chi connectivity index (χ3v) is 2.51. The molecule has 1 aliphatic heterocycles. The fraction of sp³-hybridized carbons (Fsp3) is 0.400. The van der Waals surface area contributed by atoms with Crippen molar-refractivity contribution in [2.24, 2.45) is 5.92 Å². The van der Waals surface area contributed by atoms with Crippen LogP contribution in [0.25, 0.3) is 0 Å². The number of allylic oxidation sites excluding steroid dienone is 2. The van der Waals surface area contributed by atoms with Gasteiger partial charge in [0.2, 0.25) is 0 Å². The van der Waals surface area contributed by atoms with Crippen molar-refractivity contribution >= 4 is 0 Å². The molecule has 2 aliphatic rings. The zero-order valence-electron chi connectivity index (χ0n) is 6.89. The lowest BCUT2D eigenvalue weighted by Gasteiger charge is -2.33. The van der Waals surface area contributed by atoms with Crippen molar-refractivity contribution in [2.45, 2.75) is 12.5 Å². The average Bonchev–Trinajstić information content (AvgIpc) is 2.07. The number of piperidine rings is 1. The molecule has 0 aromatic heterocycles. The van der Waals surface area contributed by atoms with Gasteiger partial charge >= 0.3 is 0 Å². The Bertz CT molecular complexity index is 265. The van der Waals surface area contributed by atoms with Gasteiger partial charge in [0.1, 0.15) is 5.83 Å². The molecule has 1 aliphatic carbocycles. The monoisotopic (exact) mass is 165 g/mol. The van der Waals surface area contributed by atoms with Crippen LogP contribution in [-0.4, -0.2) is 12.6 Å². The molecule has 1 nitrogen and oxygen atoms in total. The zero-order chi connectivity index (χ0) is 8.55. The minimum atomic E-state index is -0.142. The maximum Gasteiger partial charge on any atom is 0.118 e. The minimum Gasteiger partial charge on any atom is -0.307 e. The summed E-state index contributed by atoms with van der Waals surface area (Å²) in [5, 5.41) is 3.15. The number of rotatable bonds is 0. The summed E-state index contributed by atoms with van der Waals surface area (Å²) < 4.78 is 13.2. The second kappa shape index (κ2) is 2.87. The van der Waals surface area contributed by atoms with E-state index in [4.69, 9.17) is 0 Å². The molecule has 1 saturated heterocycles. The van der Waals surface area contributed by atoms with E-state index in [9.17, 15) is 4.39 Å². The highest BCUT2D eigenvalue weighted by atomic mass is 19.1. The topological polar surface area (TPSA) is 12.0 Å². The molecular weight excluding hydrogens is 153 g/mol. The van der Waals surface area contributed by atoms with Crippen LogP contribution in [-0.2, 0) is 0 Å². The van der Waals surface area contributed by atoms with Crippen molar-refractivity contribution in [3.8, 4) is 0 Å². The SMILES string of the molecule is C=C1CCNC2C(F)=CC=CC12. The summed E-state index contributed by atoms with van der Waals surface area (Å²) >= 11 is 0. The first-order valence-corrected chi connectivity index (χ1v) is 4.24. The van der Waals surface area contributed by atoms with E-state index in [-0.39, 0.29) is 17.8 Å². The summed E-state index contributed by atoms with van der Waals surface area (Å²) in [4.78, 5) is 0. The molecule has 12 heavy (non-hydrogen) atoms. The fourth-order valence-electron chi connectivity index (χ4n) is 1.80. The molecule has 1 N–H and O–H groups in total. The molecule has 0 radical (unpaired) electrons. The van der Waals surface area contributed by atoms with E-state index in [1.54, 1.807) is 6.08 Å². The molecule has 0 aromatic carbocycles. The highest BCUT2D eigenvalue weighted by molar-refractivity contribution is 5.30. The van der Waals surface area contributed by atoms with Crippen LogP contribution < -0.4 is 5.32 Å². The summed E-state index contributed by atoms with van der Waals surface area (Å²) in [5.41, 5.74) is 1.14. The van der Waals surface area contributed by atoms with Gasteiger partial charge in [-0.05, 0) is 19.0 Å². The first kappa shape index (κ1) is 7.74. The smallest absolute Gasteiger partial charge is 0.118 e. The van der Waals surface area contributed by atoms with Crippen LogP contribution in [0.15, 0.2) is 36.2 Å². The van der Waals surface area contributed by atoms with Crippen LogP contribution in [0.2, 0.25) is 0 Å². The van der Waals surface area contributed by atoms with Gasteiger partial charge in [-0.2, -0.15) is 0 Å². The minimum absolute atomic E-state index is 0.0663. The lowest BCUT2D eigenvalue weighted by Crippen LogP contribution is -2.42. The van der Waals surface area contributed by atoms with E-state index in [1.165, 1.54) is 6.08 Å². The molecule has 2 rings (SSSR count). The normalized spacial score (nSPS) is 34.4. The molecule has 2 unspecified atom stereocenters. The highest BCUT2D eigenvalue weighted by Gasteiger charge is 2.29. The highest BCUT2D eigenvalue weighted by Crippen LogP contribution is 2.30. The maximum absolute atomic E-state index is 13.2. The van der Waals surface area contributed by atoms with E-state index >= 15 is 0 Å². The molecule has 64 valence electrons. The van der Waals surface area contributed by atoms with E-state index in [2.05, 4.69) is 11.9 Å². The van der Waals surface area contributed by atoms with Crippen molar-refractivity contribution in [3.05, 3.63) is 36.2 Å². The summed E-state index contributed by atoms with van der Waals surface area (Å²) in [7, 11) is 0. The summed E-state index contributed by atoms with van der Waals surface area (Å²) in [6.07, 6.45) is 6.27. The number of hydrogen-bond acceptors (Lipinski definition) is 1. The van der Waals surface area contributed by atoms with E-state index < -0.39 is 0 Å². The molecule has 0 aromatic rings. The molecule has 2 atom stereocenters. The van der Waals surface area contributed by atoms with Gasteiger partial charge < -0.3 is 5.32 Å². The summed E-state index contributed by atoms with van der Waals surface area (Å²) in [6.45, 7) is 4.79. The molecule has 1 heterocycles. The van der Waals surface area contributed by atoms with Crippen LogP contribution >= 0.6 is 0 Å². The van der Waals surface area contributed by atoms with Crippen molar-refractivity contribution in [2.75, 3.05) is 6.54 Å².